The lowest BCUT2D eigenvalue weighted by atomic mass is 9.91. The molecule has 14 aromatic rings. The van der Waals surface area contributed by atoms with Gasteiger partial charge in [-0.2, -0.15) is 15.8 Å². The smallest absolute Gasteiger partial charge is 0.162 e. The second-order valence-corrected chi connectivity index (χ2v) is 20.6. The summed E-state index contributed by atoms with van der Waals surface area (Å²) in [5.74, 6) is 0.541. The second kappa shape index (κ2) is 17.3. The zero-order valence-corrected chi connectivity index (χ0v) is 42.5. The molecule has 2 N–H and O–H groups in total. The summed E-state index contributed by atoms with van der Waals surface area (Å²) in [5, 5.41) is 42.8. The third-order valence-electron chi connectivity index (χ3n) is 16.1. The number of nitrogens with zero attached hydrogens (tertiary/aromatic N) is 6. The summed E-state index contributed by atoms with van der Waals surface area (Å²) in [5.41, 5.74) is 15.7. The first-order valence-corrected chi connectivity index (χ1v) is 26.4. The van der Waals surface area contributed by atoms with Crippen molar-refractivity contribution in [2.45, 2.75) is 0 Å². The number of rotatable bonds is 3. The number of nitriles is 3. The predicted molar refractivity (Wildman–Crippen MR) is 323 cm³/mol. The van der Waals surface area contributed by atoms with Crippen molar-refractivity contribution >= 4 is 86.8 Å². The van der Waals surface area contributed by atoms with Crippen LogP contribution in [0.25, 0.3) is 165 Å². The van der Waals surface area contributed by atoms with Gasteiger partial charge in [-0.3, -0.25) is 0 Å². The SMILES string of the molecule is N#Cc1ccc(-c2c3nc(c(-c4ccc(C#N)cc4)c4[nH]c(c(-c5ccc(C#N)cc5)c5nc(nc6[nH]c2c2cc7ccccc7cc62)-c2cc6ccccc6cc2-5)c2cc5ccccc5cc42)-c2cc4ccccc4cc2-3)cc1. The topological polar surface area (TPSA) is 142 Å². The van der Waals surface area contributed by atoms with Crippen molar-refractivity contribution in [3.8, 4) is 96.7 Å². The van der Waals surface area contributed by atoms with Gasteiger partial charge in [0.05, 0.1) is 68.5 Å². The van der Waals surface area contributed by atoms with E-state index < -0.39 is 0 Å². The van der Waals surface area contributed by atoms with E-state index in [1.54, 1.807) is 0 Å². The van der Waals surface area contributed by atoms with Gasteiger partial charge in [0.1, 0.15) is 5.65 Å². The minimum Gasteiger partial charge on any atom is -0.353 e. The molecule has 0 atom stereocenters. The lowest BCUT2D eigenvalue weighted by Gasteiger charge is -2.10. The number of hydrogen-bond donors (Lipinski definition) is 2. The van der Waals surface area contributed by atoms with Gasteiger partial charge >= 0.3 is 0 Å². The van der Waals surface area contributed by atoms with Crippen molar-refractivity contribution in [3.05, 3.63) is 235 Å². The fraction of sp³-hybridized carbons (Fsp3) is 0. The minimum absolute atomic E-state index is 0.537. The summed E-state index contributed by atoms with van der Waals surface area (Å²) in [4.78, 5) is 25.5. The molecular formula is C72H38N8. The average molecular weight is 1020 g/mol. The molecule has 80 heavy (non-hydrogen) atoms. The maximum Gasteiger partial charge on any atom is 0.162 e. The van der Waals surface area contributed by atoms with E-state index in [2.05, 4.69) is 174 Å². The van der Waals surface area contributed by atoms with Crippen LogP contribution < -0.4 is 0 Å². The highest BCUT2D eigenvalue weighted by Gasteiger charge is 2.30. The van der Waals surface area contributed by atoms with E-state index in [0.717, 1.165) is 154 Å². The molecule has 0 fully saturated rings. The maximum atomic E-state index is 10.2. The minimum atomic E-state index is 0.537. The van der Waals surface area contributed by atoms with E-state index in [1.807, 2.05) is 72.8 Å². The Hall–Kier alpha value is -11.5. The van der Waals surface area contributed by atoms with Crippen LogP contribution in [0.2, 0.25) is 0 Å². The van der Waals surface area contributed by atoms with E-state index in [1.165, 1.54) is 0 Å². The van der Waals surface area contributed by atoms with Crippen molar-refractivity contribution in [2.75, 3.05) is 0 Å². The zero-order chi connectivity index (χ0) is 53.2. The van der Waals surface area contributed by atoms with E-state index in [0.29, 0.717) is 28.2 Å². The van der Waals surface area contributed by atoms with Crippen LogP contribution in [0.15, 0.2) is 218 Å². The molecule has 0 amide bonds. The number of benzene rings is 11. The largest absolute Gasteiger partial charge is 0.353 e. The van der Waals surface area contributed by atoms with Gasteiger partial charge in [0.2, 0.25) is 0 Å². The van der Waals surface area contributed by atoms with Gasteiger partial charge in [0, 0.05) is 60.5 Å². The van der Waals surface area contributed by atoms with Crippen molar-refractivity contribution in [3.63, 3.8) is 0 Å². The Balaban J connectivity index is 1.23. The summed E-state index contributed by atoms with van der Waals surface area (Å²) < 4.78 is 0. The normalized spacial score (nSPS) is 11.7. The Morgan fingerprint density at radius 2 is 0.588 bits per heavy atom. The van der Waals surface area contributed by atoms with Gasteiger partial charge in [-0.15, -0.1) is 0 Å². The Labute approximate surface area is 457 Å². The molecule has 3 aromatic heterocycles. The third kappa shape index (κ3) is 6.82. The first-order valence-electron chi connectivity index (χ1n) is 26.4. The van der Waals surface area contributed by atoms with Crippen LogP contribution in [0.4, 0.5) is 0 Å². The van der Waals surface area contributed by atoms with E-state index in [4.69, 9.17) is 15.0 Å². The number of nitrogens with one attached hydrogen (secondary N) is 2. The van der Waals surface area contributed by atoms with Crippen molar-refractivity contribution in [2.24, 2.45) is 0 Å². The lowest BCUT2D eigenvalue weighted by molar-refractivity contribution is 1.27. The van der Waals surface area contributed by atoms with Gasteiger partial charge in [0.15, 0.2) is 5.82 Å². The molecule has 8 bridgehead atoms. The summed E-state index contributed by atoms with van der Waals surface area (Å²) in [6, 6.07) is 82.0. The molecule has 11 aromatic carbocycles. The van der Waals surface area contributed by atoms with E-state index >= 15 is 0 Å². The number of hydrogen-bond acceptors (Lipinski definition) is 6. The summed E-state index contributed by atoms with van der Waals surface area (Å²) >= 11 is 0. The first-order chi connectivity index (χ1) is 39.5. The number of H-pyrrole nitrogens is 2. The molecule has 8 nitrogen and oxygen atoms in total. The third-order valence-corrected chi connectivity index (χ3v) is 16.1. The number of fused-ring (bicyclic) bond motifs is 24. The molecule has 5 heterocycles. The van der Waals surface area contributed by atoms with E-state index in [9.17, 15) is 15.8 Å². The molecule has 0 spiro atoms. The molecule has 0 aliphatic carbocycles. The fourth-order valence-electron chi connectivity index (χ4n) is 12.3. The van der Waals surface area contributed by atoms with Crippen LogP contribution >= 0.6 is 0 Å². The zero-order valence-electron chi connectivity index (χ0n) is 42.5. The van der Waals surface area contributed by atoms with Crippen LogP contribution in [-0.2, 0) is 0 Å². The van der Waals surface area contributed by atoms with Crippen molar-refractivity contribution in [1.29, 1.82) is 15.8 Å². The molecule has 366 valence electrons. The van der Waals surface area contributed by atoms with Gasteiger partial charge < -0.3 is 9.97 Å². The number of aromatic nitrogens is 5. The molecule has 0 unspecified atom stereocenters. The molecule has 0 saturated carbocycles. The Morgan fingerprint density at radius 1 is 0.287 bits per heavy atom. The standard InChI is InChI=1S/C72H38N8/c73-37-40-17-23-43(24-18-40)62-65-54-29-46-9-1-3-11-48(46)31-56(54)67(76-65)63(44-25-19-41(38-74)20-26-44)69-58-33-50-13-5-7-15-52(50)35-60(58)71(78-69)80-72-61-36-53-16-8-6-14-51(53)34-59(61)70(79-72)64(45-27-21-42(39-75)22-28-45)68-57-32-49-12-4-2-10-47(49)30-55(57)66(62)77-68/h1-36,76H,(H,78,79,80). The van der Waals surface area contributed by atoms with Crippen LogP contribution in [0.1, 0.15) is 16.7 Å². The molecule has 2 aliphatic heterocycles. The van der Waals surface area contributed by atoms with Gasteiger partial charge in [0.25, 0.3) is 0 Å². The Bertz CT molecular complexity index is 5320. The van der Waals surface area contributed by atoms with Gasteiger partial charge in [-0.05, 0) is 145 Å². The van der Waals surface area contributed by atoms with Gasteiger partial charge in [-0.25, -0.2) is 15.0 Å². The molecule has 16 rings (SSSR count). The Morgan fingerprint density at radius 3 is 0.963 bits per heavy atom. The van der Waals surface area contributed by atoms with Crippen molar-refractivity contribution in [1.82, 2.24) is 24.9 Å². The summed E-state index contributed by atoms with van der Waals surface area (Å²) in [6.07, 6.45) is 0. The Kier molecular flexibility index (Phi) is 9.66. The highest BCUT2D eigenvalue weighted by molar-refractivity contribution is 6.23. The average Bonchev–Trinajstić information content (AvgIpc) is 4.36. The maximum absolute atomic E-state index is 10.2. The van der Waals surface area contributed by atoms with Gasteiger partial charge in [-0.1, -0.05) is 133 Å². The highest BCUT2D eigenvalue weighted by atomic mass is 15.0. The number of aromatic amines is 2. The quantitative estimate of drug-likeness (QED) is 0.180. The van der Waals surface area contributed by atoms with Crippen molar-refractivity contribution < 1.29 is 0 Å². The summed E-state index contributed by atoms with van der Waals surface area (Å²) in [6.45, 7) is 0. The van der Waals surface area contributed by atoms with Crippen LogP contribution in [0, 0.1) is 34.0 Å². The van der Waals surface area contributed by atoms with Crippen LogP contribution in [0.3, 0.4) is 0 Å². The predicted octanol–water partition coefficient (Wildman–Crippen LogP) is 17.9. The van der Waals surface area contributed by atoms with Crippen LogP contribution in [0.5, 0.6) is 0 Å². The molecule has 2 aliphatic rings. The van der Waals surface area contributed by atoms with Crippen LogP contribution in [-0.4, -0.2) is 24.9 Å². The first kappa shape index (κ1) is 44.8. The van der Waals surface area contributed by atoms with E-state index in [-0.39, 0.29) is 0 Å². The molecule has 0 saturated heterocycles. The molecule has 0 radical (unpaired) electrons. The lowest BCUT2D eigenvalue weighted by Crippen LogP contribution is -1.88. The summed E-state index contributed by atoms with van der Waals surface area (Å²) in [7, 11) is 0. The molecule has 8 heteroatoms. The monoisotopic (exact) mass is 1010 g/mol. The highest BCUT2D eigenvalue weighted by Crippen LogP contribution is 2.51. The molecular weight excluding hydrogens is 977 g/mol. The second-order valence-electron chi connectivity index (χ2n) is 20.6. The fourth-order valence-corrected chi connectivity index (χ4v) is 12.3.